The Hall–Kier alpha value is -3.25. The van der Waals surface area contributed by atoms with Gasteiger partial charge in [0.2, 0.25) is 20.8 Å². The van der Waals surface area contributed by atoms with Crippen LogP contribution in [0.15, 0.2) is 93.2 Å². The van der Waals surface area contributed by atoms with Crippen molar-refractivity contribution in [1.29, 1.82) is 0 Å². The fourth-order valence-corrected chi connectivity index (χ4v) is 4.44. The number of halogens is 1. The smallest absolute Gasteiger partial charge is 0.227 e. The van der Waals surface area contributed by atoms with Crippen LogP contribution in [-0.4, -0.2) is 13.4 Å². The predicted molar refractivity (Wildman–Crippen MR) is 108 cm³/mol. The van der Waals surface area contributed by atoms with E-state index in [0.29, 0.717) is 0 Å². The van der Waals surface area contributed by atoms with Gasteiger partial charge in [0, 0.05) is 12.0 Å². The summed E-state index contributed by atoms with van der Waals surface area (Å²) in [6.07, 6.45) is 0.181. The SMILES string of the molecule is Cc1ccccc1-c1nc(S(=O)(=O)c2ccccc2)c(Cc2ccc(F)cc2)o1. The Bertz CT molecular complexity index is 1250. The number of oxazole rings is 1. The zero-order valence-electron chi connectivity index (χ0n) is 15.7. The van der Waals surface area contributed by atoms with Crippen LogP contribution < -0.4 is 0 Å². The molecule has 0 atom stereocenters. The number of sulfone groups is 1. The lowest BCUT2D eigenvalue weighted by Gasteiger charge is -2.04. The summed E-state index contributed by atoms with van der Waals surface area (Å²) in [5, 5.41) is -0.119. The molecule has 0 saturated heterocycles. The van der Waals surface area contributed by atoms with Crippen molar-refractivity contribution in [3.8, 4) is 11.5 Å². The van der Waals surface area contributed by atoms with Crippen molar-refractivity contribution >= 4 is 9.84 Å². The summed E-state index contributed by atoms with van der Waals surface area (Å²) in [6, 6.07) is 21.5. The fourth-order valence-electron chi connectivity index (χ4n) is 3.09. The summed E-state index contributed by atoms with van der Waals surface area (Å²) in [6.45, 7) is 1.91. The van der Waals surface area contributed by atoms with Crippen molar-refractivity contribution in [2.24, 2.45) is 0 Å². The third-order valence-electron chi connectivity index (χ3n) is 4.62. The molecule has 0 aliphatic rings. The van der Waals surface area contributed by atoms with Crippen LogP contribution in [0.2, 0.25) is 0 Å². The second kappa shape index (κ2) is 7.64. The average molecular weight is 407 g/mol. The van der Waals surface area contributed by atoms with Gasteiger partial charge in [-0.25, -0.2) is 12.8 Å². The number of hydrogen-bond acceptors (Lipinski definition) is 4. The first-order valence-electron chi connectivity index (χ1n) is 9.05. The van der Waals surface area contributed by atoms with Crippen LogP contribution in [0.4, 0.5) is 4.39 Å². The predicted octanol–water partition coefficient (Wildman–Crippen LogP) is 5.21. The molecular formula is C23H18FNO3S. The molecule has 6 heteroatoms. The van der Waals surface area contributed by atoms with Gasteiger partial charge in [0.25, 0.3) is 0 Å². The van der Waals surface area contributed by atoms with Gasteiger partial charge in [-0.3, -0.25) is 0 Å². The molecule has 1 heterocycles. The normalized spacial score (nSPS) is 11.5. The first-order valence-corrected chi connectivity index (χ1v) is 10.5. The van der Waals surface area contributed by atoms with Crippen molar-refractivity contribution in [1.82, 2.24) is 4.98 Å². The molecule has 0 unspecified atom stereocenters. The van der Waals surface area contributed by atoms with Gasteiger partial charge in [0.1, 0.15) is 11.6 Å². The second-order valence-corrected chi connectivity index (χ2v) is 8.55. The number of benzene rings is 3. The zero-order chi connectivity index (χ0) is 20.4. The van der Waals surface area contributed by atoms with E-state index in [-0.39, 0.29) is 33.8 Å². The highest BCUT2D eigenvalue weighted by atomic mass is 32.2. The highest BCUT2D eigenvalue weighted by molar-refractivity contribution is 7.91. The van der Waals surface area contributed by atoms with Crippen LogP contribution in [-0.2, 0) is 16.3 Å². The summed E-state index contributed by atoms with van der Waals surface area (Å²) in [7, 11) is -3.88. The molecule has 4 aromatic rings. The van der Waals surface area contributed by atoms with E-state index in [2.05, 4.69) is 4.98 Å². The number of aromatic nitrogens is 1. The summed E-state index contributed by atoms with van der Waals surface area (Å²) >= 11 is 0. The van der Waals surface area contributed by atoms with Gasteiger partial charge >= 0.3 is 0 Å². The maximum Gasteiger partial charge on any atom is 0.227 e. The largest absolute Gasteiger partial charge is 0.439 e. The Kier molecular flexibility index (Phi) is 5.03. The van der Waals surface area contributed by atoms with E-state index in [4.69, 9.17) is 4.42 Å². The molecule has 0 spiro atoms. The lowest BCUT2D eigenvalue weighted by atomic mass is 10.1. The van der Waals surface area contributed by atoms with E-state index in [1.165, 1.54) is 24.3 Å². The average Bonchev–Trinajstić information content (AvgIpc) is 3.15. The van der Waals surface area contributed by atoms with Crippen molar-refractivity contribution < 1.29 is 17.2 Å². The monoisotopic (exact) mass is 407 g/mol. The molecule has 0 aliphatic carbocycles. The minimum atomic E-state index is -3.88. The minimum absolute atomic E-state index is 0.119. The van der Waals surface area contributed by atoms with Gasteiger partial charge in [-0.15, -0.1) is 0 Å². The lowest BCUT2D eigenvalue weighted by molar-refractivity contribution is 0.519. The molecule has 0 saturated carbocycles. The van der Waals surface area contributed by atoms with Crippen molar-refractivity contribution in [3.63, 3.8) is 0 Å². The number of nitrogens with zero attached hydrogens (tertiary/aromatic N) is 1. The molecule has 146 valence electrons. The first-order chi connectivity index (χ1) is 13.9. The van der Waals surface area contributed by atoms with Gasteiger partial charge in [0.05, 0.1) is 4.90 Å². The summed E-state index contributed by atoms with van der Waals surface area (Å²) in [4.78, 5) is 4.52. The van der Waals surface area contributed by atoms with Crippen LogP contribution in [0.5, 0.6) is 0 Å². The quantitative estimate of drug-likeness (QED) is 0.455. The van der Waals surface area contributed by atoms with Gasteiger partial charge in [0.15, 0.2) is 0 Å². The summed E-state index contributed by atoms with van der Waals surface area (Å²) < 4.78 is 45.7. The van der Waals surface area contributed by atoms with Crippen LogP contribution in [0.3, 0.4) is 0 Å². The summed E-state index contributed by atoms with van der Waals surface area (Å²) in [5.74, 6) is 0.109. The lowest BCUT2D eigenvalue weighted by Crippen LogP contribution is -2.05. The highest BCUT2D eigenvalue weighted by Crippen LogP contribution is 2.31. The fraction of sp³-hybridized carbons (Fsp3) is 0.0870. The Morgan fingerprint density at radius 1 is 0.897 bits per heavy atom. The molecule has 3 aromatic carbocycles. The van der Waals surface area contributed by atoms with Gasteiger partial charge < -0.3 is 4.42 Å². The van der Waals surface area contributed by atoms with Crippen molar-refractivity contribution in [3.05, 3.63) is 102 Å². The molecule has 1 aromatic heterocycles. The van der Waals surface area contributed by atoms with Gasteiger partial charge in [-0.2, -0.15) is 4.98 Å². The van der Waals surface area contributed by atoms with E-state index in [1.807, 2.05) is 31.2 Å². The molecule has 0 bridgehead atoms. The maximum absolute atomic E-state index is 13.3. The minimum Gasteiger partial charge on any atom is -0.439 e. The highest BCUT2D eigenvalue weighted by Gasteiger charge is 2.28. The topological polar surface area (TPSA) is 60.2 Å². The number of hydrogen-bond donors (Lipinski definition) is 0. The van der Waals surface area contributed by atoms with Crippen LogP contribution in [0.25, 0.3) is 11.5 Å². The molecular weight excluding hydrogens is 389 g/mol. The molecule has 4 nitrogen and oxygen atoms in total. The molecule has 0 N–H and O–H groups in total. The first kappa shape index (κ1) is 19.1. The zero-order valence-corrected chi connectivity index (χ0v) is 16.5. The molecule has 0 aliphatic heterocycles. The third kappa shape index (κ3) is 3.84. The number of aryl methyl sites for hydroxylation is 1. The van der Waals surface area contributed by atoms with E-state index in [9.17, 15) is 12.8 Å². The van der Waals surface area contributed by atoms with Crippen LogP contribution in [0, 0.1) is 12.7 Å². The third-order valence-corrected chi connectivity index (χ3v) is 6.34. The maximum atomic E-state index is 13.3. The molecule has 0 fully saturated rings. The van der Waals surface area contributed by atoms with E-state index >= 15 is 0 Å². The molecule has 4 rings (SSSR count). The van der Waals surface area contributed by atoms with Gasteiger partial charge in [-0.05, 0) is 48.4 Å². The van der Waals surface area contributed by atoms with Crippen LogP contribution >= 0.6 is 0 Å². The number of rotatable bonds is 5. The Morgan fingerprint density at radius 3 is 2.24 bits per heavy atom. The summed E-state index contributed by atoms with van der Waals surface area (Å²) in [5.41, 5.74) is 2.37. The molecule has 29 heavy (non-hydrogen) atoms. The Labute approximate surface area is 168 Å². The molecule has 0 radical (unpaired) electrons. The van der Waals surface area contributed by atoms with Crippen LogP contribution in [0.1, 0.15) is 16.9 Å². The van der Waals surface area contributed by atoms with Crippen molar-refractivity contribution in [2.75, 3.05) is 0 Å². The standard InChI is InChI=1S/C23H18FNO3S/c1-16-7-5-6-10-20(16)22-25-23(29(26,27)19-8-3-2-4-9-19)21(28-22)15-17-11-13-18(24)14-12-17/h2-14H,15H2,1H3. The van der Waals surface area contributed by atoms with E-state index < -0.39 is 9.84 Å². The van der Waals surface area contributed by atoms with Gasteiger partial charge in [-0.1, -0.05) is 48.5 Å². The molecule has 0 amide bonds. The van der Waals surface area contributed by atoms with E-state index in [1.54, 1.807) is 30.3 Å². The Balaban J connectivity index is 1.86. The van der Waals surface area contributed by atoms with Crippen molar-refractivity contribution in [2.45, 2.75) is 23.3 Å². The van der Waals surface area contributed by atoms with E-state index in [0.717, 1.165) is 16.7 Å². The Morgan fingerprint density at radius 2 is 1.55 bits per heavy atom. The second-order valence-electron chi connectivity index (χ2n) is 6.68.